The normalized spacial score (nSPS) is 20.8. The van der Waals surface area contributed by atoms with E-state index in [4.69, 9.17) is 4.84 Å². The summed E-state index contributed by atoms with van der Waals surface area (Å²) in [6.07, 6.45) is 7.21. The molecule has 0 aliphatic heterocycles. The summed E-state index contributed by atoms with van der Waals surface area (Å²) in [5, 5.41) is 4.59. The first-order valence-electron chi connectivity index (χ1n) is 8.49. The predicted molar refractivity (Wildman–Crippen MR) is 89.0 cm³/mol. The van der Waals surface area contributed by atoms with E-state index in [-0.39, 0.29) is 11.4 Å². The molecule has 2 aliphatic rings. The van der Waals surface area contributed by atoms with Gasteiger partial charge in [-0.3, -0.25) is 15.1 Å². The first kappa shape index (κ1) is 16.0. The van der Waals surface area contributed by atoms with Gasteiger partial charge in [-0.1, -0.05) is 0 Å². The molecule has 0 bridgehead atoms. The highest BCUT2D eigenvalue weighted by Crippen LogP contribution is 2.57. The quantitative estimate of drug-likeness (QED) is 0.616. The Morgan fingerprint density at radius 1 is 1.44 bits per heavy atom. The highest BCUT2D eigenvalue weighted by molar-refractivity contribution is 5.94. The number of hydrogen-bond acceptors (Lipinski definition) is 5. The number of aromatic nitrogens is 4. The fraction of sp³-hybridized carbons (Fsp3) is 0.529. The van der Waals surface area contributed by atoms with Crippen LogP contribution in [-0.4, -0.2) is 33.3 Å². The maximum Gasteiger partial charge on any atom is 0.286 e. The number of nitrogens with zero attached hydrogens (tertiary/aromatic N) is 4. The summed E-state index contributed by atoms with van der Waals surface area (Å²) < 4.78 is 3.37. The predicted octanol–water partition coefficient (Wildman–Crippen LogP) is 0.306. The number of carbonyl (C=O) groups is 1. The maximum absolute atomic E-state index is 12.6. The van der Waals surface area contributed by atoms with E-state index in [2.05, 4.69) is 20.9 Å². The van der Waals surface area contributed by atoms with Gasteiger partial charge in [0.1, 0.15) is 7.11 Å². The Kier molecular flexibility index (Phi) is 3.54. The second kappa shape index (κ2) is 5.52. The molecule has 2 aliphatic carbocycles. The van der Waals surface area contributed by atoms with Gasteiger partial charge < -0.3 is 0 Å². The molecule has 2 heterocycles. The third kappa shape index (κ3) is 2.86. The van der Waals surface area contributed by atoms with Gasteiger partial charge in [0.15, 0.2) is 5.69 Å². The average Bonchev–Trinajstić information content (AvgIpc) is 3.08. The van der Waals surface area contributed by atoms with Crippen molar-refractivity contribution in [3.05, 3.63) is 35.5 Å². The van der Waals surface area contributed by atoms with Crippen molar-refractivity contribution in [1.82, 2.24) is 25.6 Å². The number of carbonyl (C=O) groups excluding carboxylic acids is 1. The molecule has 25 heavy (non-hydrogen) atoms. The Hall–Kier alpha value is -2.48. The van der Waals surface area contributed by atoms with Gasteiger partial charge in [0.05, 0.1) is 11.9 Å². The molecule has 2 aromatic heterocycles. The molecule has 0 radical (unpaired) electrons. The highest BCUT2D eigenvalue weighted by atomic mass is 16.6. The molecule has 8 heteroatoms. The lowest BCUT2D eigenvalue weighted by atomic mass is 10.1. The van der Waals surface area contributed by atoms with Crippen molar-refractivity contribution in [1.29, 1.82) is 0 Å². The lowest BCUT2D eigenvalue weighted by Crippen LogP contribution is -2.49. The van der Waals surface area contributed by atoms with Gasteiger partial charge >= 0.3 is 0 Å². The fourth-order valence-electron chi connectivity index (χ4n) is 3.36. The molecule has 1 saturated carbocycles. The van der Waals surface area contributed by atoms with E-state index < -0.39 is 0 Å². The van der Waals surface area contributed by atoms with E-state index in [1.807, 2.05) is 20.8 Å². The first-order chi connectivity index (χ1) is 11.9. The van der Waals surface area contributed by atoms with Gasteiger partial charge in [-0.05, 0) is 39.5 Å². The van der Waals surface area contributed by atoms with E-state index in [1.165, 1.54) is 0 Å². The van der Waals surface area contributed by atoms with Crippen molar-refractivity contribution in [3.8, 4) is 5.82 Å². The molecule has 1 fully saturated rings. The third-order valence-corrected chi connectivity index (χ3v) is 4.62. The molecule has 2 atom stereocenters. The molecule has 0 spiro atoms. The zero-order valence-electron chi connectivity index (χ0n) is 14.9. The zero-order chi connectivity index (χ0) is 17.8. The zero-order valence-corrected chi connectivity index (χ0v) is 14.9. The number of amides is 1. The van der Waals surface area contributed by atoms with Crippen LogP contribution >= 0.6 is 0 Å². The Morgan fingerprint density at radius 3 is 2.96 bits per heavy atom. The summed E-state index contributed by atoms with van der Waals surface area (Å²) in [6.45, 7) is 5.97. The largest absolute Gasteiger partial charge is 0.286 e. The molecule has 4 rings (SSSR count). The van der Waals surface area contributed by atoms with Crippen LogP contribution in [0, 0.1) is 5.92 Å². The second-order valence-electron chi connectivity index (χ2n) is 7.72. The summed E-state index contributed by atoms with van der Waals surface area (Å²) in [4.78, 5) is 22.2. The molecule has 2 unspecified atom stereocenters. The standard InChI is InChI=1S/C17H22N6O2/c1-17(2,3)21-19-16(24)14-12-8-10-7-11(10)15(12)23(20-14)13-9-22(25-4)6-5-18-13/h5-6,9-11,18H,7-8H2,1-4H3/p+1. The van der Waals surface area contributed by atoms with Gasteiger partial charge in [-0.25, -0.2) is 15.1 Å². The monoisotopic (exact) mass is 343 g/mol. The van der Waals surface area contributed by atoms with Crippen LogP contribution in [0.3, 0.4) is 0 Å². The van der Waals surface area contributed by atoms with Crippen LogP contribution in [-0.2, 0) is 6.42 Å². The van der Waals surface area contributed by atoms with E-state index in [0.717, 1.165) is 24.1 Å². The number of hydrogen-bond donors (Lipinski definition) is 2. The molecule has 0 aromatic carbocycles. The topological polar surface area (TPSA) is 85.0 Å². The van der Waals surface area contributed by atoms with E-state index in [1.54, 1.807) is 35.1 Å². The van der Waals surface area contributed by atoms with Gasteiger partial charge in [-0.15, -0.1) is 0 Å². The van der Waals surface area contributed by atoms with Crippen molar-refractivity contribution in [2.45, 2.75) is 45.1 Å². The third-order valence-electron chi connectivity index (χ3n) is 4.62. The minimum Gasteiger partial charge on any atom is -0.286 e. The number of fused-ring (bicyclic) bond motifs is 3. The Balaban J connectivity index is 1.71. The molecule has 0 saturated heterocycles. The number of hydrazine groups is 1. The molecule has 132 valence electrons. The lowest BCUT2D eigenvalue weighted by Gasteiger charge is -2.20. The number of nitrogens with one attached hydrogen (secondary N) is 2. The summed E-state index contributed by atoms with van der Waals surface area (Å²) in [5.41, 5.74) is 8.21. The summed E-state index contributed by atoms with van der Waals surface area (Å²) in [5.74, 6) is 1.56. The number of rotatable bonds is 4. The van der Waals surface area contributed by atoms with Crippen LogP contribution in [0.2, 0.25) is 0 Å². The molecule has 8 nitrogen and oxygen atoms in total. The average molecular weight is 343 g/mol. The van der Waals surface area contributed by atoms with Gasteiger partial charge in [0.2, 0.25) is 12.0 Å². The fourth-order valence-corrected chi connectivity index (χ4v) is 3.36. The van der Waals surface area contributed by atoms with E-state index >= 15 is 0 Å². The molecule has 1 amide bonds. The van der Waals surface area contributed by atoms with Crippen molar-refractivity contribution < 1.29 is 14.4 Å². The van der Waals surface area contributed by atoms with Crippen molar-refractivity contribution in [2.75, 3.05) is 7.11 Å². The minimum atomic E-state index is -0.214. The Labute approximate surface area is 146 Å². The maximum atomic E-state index is 12.6. The highest BCUT2D eigenvalue weighted by Gasteiger charge is 2.50. The van der Waals surface area contributed by atoms with Crippen LogP contribution in [0.5, 0.6) is 0 Å². The smallest absolute Gasteiger partial charge is 0.286 e. The van der Waals surface area contributed by atoms with Crippen LogP contribution in [0.1, 0.15) is 54.9 Å². The molecule has 2 aromatic rings. The van der Waals surface area contributed by atoms with Crippen molar-refractivity contribution in [2.24, 2.45) is 5.92 Å². The van der Waals surface area contributed by atoms with Gasteiger partial charge in [0, 0.05) is 21.8 Å². The summed E-state index contributed by atoms with van der Waals surface area (Å²) in [7, 11) is 1.59. The second-order valence-corrected chi connectivity index (χ2v) is 7.72. The molecule has 2 N–H and O–H groups in total. The Morgan fingerprint density at radius 2 is 2.24 bits per heavy atom. The van der Waals surface area contributed by atoms with Crippen LogP contribution in [0.15, 0.2) is 18.6 Å². The van der Waals surface area contributed by atoms with Gasteiger partial charge in [-0.2, -0.15) is 5.10 Å². The first-order valence-corrected chi connectivity index (χ1v) is 8.49. The van der Waals surface area contributed by atoms with Crippen molar-refractivity contribution in [3.63, 3.8) is 0 Å². The lowest BCUT2D eigenvalue weighted by molar-refractivity contribution is -0.885. The summed E-state index contributed by atoms with van der Waals surface area (Å²) in [6, 6.07) is 0. The minimum absolute atomic E-state index is 0.207. The van der Waals surface area contributed by atoms with Crippen LogP contribution in [0.25, 0.3) is 5.82 Å². The summed E-state index contributed by atoms with van der Waals surface area (Å²) >= 11 is 0. The van der Waals surface area contributed by atoms with Crippen molar-refractivity contribution >= 4 is 5.91 Å². The van der Waals surface area contributed by atoms with Gasteiger partial charge in [0.25, 0.3) is 12.1 Å². The Bertz CT molecular complexity index is 838. The molecular formula is C17H23N6O2+. The van der Waals surface area contributed by atoms with Crippen LogP contribution < -0.4 is 20.4 Å². The van der Waals surface area contributed by atoms with E-state index in [9.17, 15) is 4.79 Å². The molecular weight excluding hydrogens is 320 g/mol. The SMILES string of the molecule is CO[n+]1ccnc(-n2nc(C(=O)NNC(C)(C)C)c3c2C2CC2C3)c1. The van der Waals surface area contributed by atoms with E-state index in [0.29, 0.717) is 23.3 Å². The van der Waals surface area contributed by atoms with Crippen LogP contribution in [0.4, 0.5) is 0 Å².